The molecule has 0 atom stereocenters. The third-order valence-corrected chi connectivity index (χ3v) is 3.42. The van der Waals surface area contributed by atoms with Gasteiger partial charge in [0.25, 0.3) is 0 Å². The first kappa shape index (κ1) is 10.3. The molecule has 1 heteroatoms. The van der Waals surface area contributed by atoms with E-state index in [0.29, 0.717) is 6.42 Å². The summed E-state index contributed by atoms with van der Waals surface area (Å²) in [5, 5.41) is 0. The summed E-state index contributed by atoms with van der Waals surface area (Å²) in [6.07, 6.45) is 1.97. The van der Waals surface area contributed by atoms with Gasteiger partial charge in [-0.05, 0) is 11.1 Å². The van der Waals surface area contributed by atoms with Crippen molar-refractivity contribution in [2.24, 2.45) is 0 Å². The van der Waals surface area contributed by atoms with Crippen LogP contribution in [0.3, 0.4) is 0 Å². The van der Waals surface area contributed by atoms with Crippen LogP contribution in [0.2, 0.25) is 0 Å². The maximum atomic E-state index is 15.2. The van der Waals surface area contributed by atoms with Gasteiger partial charge in [0.15, 0.2) is 5.67 Å². The molecule has 0 nitrogen and oxygen atoms in total. The minimum atomic E-state index is -1.41. The van der Waals surface area contributed by atoms with Crippen LogP contribution in [0.15, 0.2) is 61.2 Å². The monoisotopic (exact) mass is 224 g/mol. The van der Waals surface area contributed by atoms with Crippen molar-refractivity contribution in [3.63, 3.8) is 0 Å². The van der Waals surface area contributed by atoms with Crippen LogP contribution in [0.4, 0.5) is 4.39 Å². The van der Waals surface area contributed by atoms with Crippen molar-refractivity contribution in [1.29, 1.82) is 0 Å². The van der Waals surface area contributed by atoms with Crippen LogP contribution >= 0.6 is 0 Å². The summed E-state index contributed by atoms with van der Waals surface area (Å²) in [4.78, 5) is 0. The number of hydrogen-bond donors (Lipinski definition) is 0. The van der Waals surface area contributed by atoms with E-state index in [0.717, 1.165) is 22.3 Å². The molecule has 0 amide bonds. The maximum absolute atomic E-state index is 15.2. The third-order valence-electron chi connectivity index (χ3n) is 3.42. The molecule has 0 N–H and O–H groups in total. The number of allylic oxidation sites excluding steroid dienone is 1. The summed E-state index contributed by atoms with van der Waals surface area (Å²) >= 11 is 0. The highest BCUT2D eigenvalue weighted by Gasteiger charge is 2.42. The van der Waals surface area contributed by atoms with Crippen LogP contribution < -0.4 is 0 Å². The Kier molecular flexibility index (Phi) is 2.15. The summed E-state index contributed by atoms with van der Waals surface area (Å²) in [5.41, 5.74) is 2.14. The Morgan fingerprint density at radius 2 is 1.41 bits per heavy atom. The Morgan fingerprint density at radius 1 is 0.941 bits per heavy atom. The molecule has 0 bridgehead atoms. The summed E-state index contributed by atoms with van der Waals surface area (Å²) in [6, 6.07) is 15.4. The molecule has 84 valence electrons. The second-order valence-electron chi connectivity index (χ2n) is 4.39. The lowest BCUT2D eigenvalue weighted by Gasteiger charge is -2.20. The lowest BCUT2D eigenvalue weighted by molar-refractivity contribution is 0.233. The van der Waals surface area contributed by atoms with E-state index in [4.69, 9.17) is 0 Å². The van der Waals surface area contributed by atoms with Gasteiger partial charge in [0.05, 0.1) is 0 Å². The summed E-state index contributed by atoms with van der Waals surface area (Å²) < 4.78 is 15.2. The number of alkyl halides is 1. The van der Waals surface area contributed by atoms with Crippen molar-refractivity contribution < 1.29 is 4.39 Å². The van der Waals surface area contributed by atoms with Gasteiger partial charge in [-0.3, -0.25) is 0 Å². The average Bonchev–Trinajstić information content (AvgIpc) is 2.62. The Hall–Kier alpha value is -1.89. The van der Waals surface area contributed by atoms with Gasteiger partial charge in [0.2, 0.25) is 0 Å². The third kappa shape index (κ3) is 1.29. The van der Waals surface area contributed by atoms with Crippen LogP contribution in [0, 0.1) is 0 Å². The molecule has 0 unspecified atom stereocenters. The standard InChI is InChI=1S/C16H13F/c1-2-11-16(17)14-9-5-3-7-12(14)13-8-4-6-10-15(13)16/h2-10H,1,11H2. The summed E-state index contributed by atoms with van der Waals surface area (Å²) in [5.74, 6) is 0. The molecular weight excluding hydrogens is 211 g/mol. The van der Waals surface area contributed by atoms with Gasteiger partial charge >= 0.3 is 0 Å². The van der Waals surface area contributed by atoms with Gasteiger partial charge < -0.3 is 0 Å². The molecule has 0 fully saturated rings. The van der Waals surface area contributed by atoms with Crippen molar-refractivity contribution >= 4 is 0 Å². The van der Waals surface area contributed by atoms with E-state index in [1.54, 1.807) is 6.08 Å². The number of fused-ring (bicyclic) bond motifs is 3. The highest BCUT2D eigenvalue weighted by Crippen LogP contribution is 2.51. The predicted molar refractivity (Wildman–Crippen MR) is 68.6 cm³/mol. The second-order valence-corrected chi connectivity index (χ2v) is 4.39. The average molecular weight is 224 g/mol. The fraction of sp³-hybridized carbons (Fsp3) is 0.125. The lowest BCUT2D eigenvalue weighted by atomic mass is 9.90. The van der Waals surface area contributed by atoms with E-state index in [1.165, 1.54) is 0 Å². The highest BCUT2D eigenvalue weighted by atomic mass is 19.1. The molecule has 0 saturated heterocycles. The number of rotatable bonds is 2. The van der Waals surface area contributed by atoms with Crippen LogP contribution in [0.1, 0.15) is 17.5 Å². The molecule has 0 saturated carbocycles. The molecule has 2 aromatic rings. The van der Waals surface area contributed by atoms with E-state index in [2.05, 4.69) is 6.58 Å². The van der Waals surface area contributed by atoms with Gasteiger partial charge in [-0.1, -0.05) is 54.6 Å². The maximum Gasteiger partial charge on any atom is 0.165 e. The van der Waals surface area contributed by atoms with Crippen LogP contribution in [-0.2, 0) is 5.67 Å². The zero-order valence-electron chi connectivity index (χ0n) is 9.49. The van der Waals surface area contributed by atoms with E-state index in [-0.39, 0.29) is 0 Å². The predicted octanol–water partition coefficient (Wildman–Crippen LogP) is 4.46. The summed E-state index contributed by atoms with van der Waals surface area (Å²) in [7, 11) is 0. The SMILES string of the molecule is C=CCC1(F)c2ccccc2-c2ccccc21. The van der Waals surface area contributed by atoms with Gasteiger partial charge in [0.1, 0.15) is 0 Å². The van der Waals surface area contributed by atoms with Crippen LogP contribution in [-0.4, -0.2) is 0 Å². The van der Waals surface area contributed by atoms with Crippen LogP contribution in [0.25, 0.3) is 11.1 Å². The van der Waals surface area contributed by atoms with E-state index >= 15 is 4.39 Å². The van der Waals surface area contributed by atoms with Crippen molar-refractivity contribution in [2.45, 2.75) is 12.1 Å². The molecule has 0 heterocycles. The normalized spacial score (nSPS) is 15.1. The van der Waals surface area contributed by atoms with Gasteiger partial charge in [-0.15, -0.1) is 6.58 Å². The smallest absolute Gasteiger partial charge is 0.165 e. The van der Waals surface area contributed by atoms with Crippen molar-refractivity contribution in [1.82, 2.24) is 0 Å². The van der Waals surface area contributed by atoms with E-state index in [1.807, 2.05) is 48.5 Å². The molecule has 1 aliphatic carbocycles. The van der Waals surface area contributed by atoms with E-state index < -0.39 is 5.67 Å². The van der Waals surface area contributed by atoms with E-state index in [9.17, 15) is 0 Å². The van der Waals surface area contributed by atoms with Gasteiger partial charge in [-0.2, -0.15) is 0 Å². The molecule has 0 aromatic heterocycles. The van der Waals surface area contributed by atoms with Crippen molar-refractivity contribution in [3.8, 4) is 11.1 Å². The summed E-state index contributed by atoms with van der Waals surface area (Å²) in [6.45, 7) is 3.68. The quantitative estimate of drug-likeness (QED) is 0.661. The zero-order valence-corrected chi connectivity index (χ0v) is 9.49. The number of hydrogen-bond acceptors (Lipinski definition) is 0. The topological polar surface area (TPSA) is 0 Å². The number of halogens is 1. The van der Waals surface area contributed by atoms with Crippen molar-refractivity contribution in [2.75, 3.05) is 0 Å². The molecule has 0 radical (unpaired) electrons. The highest BCUT2D eigenvalue weighted by molar-refractivity contribution is 5.80. The van der Waals surface area contributed by atoms with Crippen LogP contribution in [0.5, 0.6) is 0 Å². The second kappa shape index (κ2) is 3.56. The first-order valence-corrected chi connectivity index (χ1v) is 5.76. The molecule has 0 spiro atoms. The molecule has 2 aromatic carbocycles. The molecular formula is C16H13F. The minimum Gasteiger partial charge on any atom is -0.233 e. The number of benzene rings is 2. The zero-order chi connectivity index (χ0) is 11.9. The minimum absolute atomic E-state index is 0.320. The fourth-order valence-electron chi connectivity index (χ4n) is 2.69. The van der Waals surface area contributed by atoms with Crippen molar-refractivity contribution in [3.05, 3.63) is 72.3 Å². The lowest BCUT2D eigenvalue weighted by Crippen LogP contribution is -2.17. The fourth-order valence-corrected chi connectivity index (χ4v) is 2.69. The first-order valence-electron chi connectivity index (χ1n) is 5.76. The molecule has 17 heavy (non-hydrogen) atoms. The molecule has 3 rings (SSSR count). The Bertz CT molecular complexity index is 538. The van der Waals surface area contributed by atoms with Gasteiger partial charge in [0, 0.05) is 17.5 Å². The molecule has 1 aliphatic rings. The molecule has 0 aliphatic heterocycles. The first-order chi connectivity index (χ1) is 8.27. The Morgan fingerprint density at radius 3 is 1.88 bits per heavy atom. The van der Waals surface area contributed by atoms with Gasteiger partial charge in [-0.25, -0.2) is 4.39 Å². The Balaban J connectivity index is 2.34. The Labute approximate surface area is 100 Å². The largest absolute Gasteiger partial charge is 0.233 e.